The van der Waals surface area contributed by atoms with Crippen LogP contribution in [0, 0.1) is 0 Å². The molecular weight excluding hydrogens is 186 g/mol. The summed E-state index contributed by atoms with van der Waals surface area (Å²) in [7, 11) is 0. The Morgan fingerprint density at radius 1 is 1.62 bits per heavy atom. The number of nitrogens with zero attached hydrogens (tertiary/aromatic N) is 1. The lowest BCUT2D eigenvalue weighted by molar-refractivity contribution is 0.0700. The van der Waals surface area contributed by atoms with Crippen LogP contribution in [0.4, 0.5) is 0 Å². The van der Waals surface area contributed by atoms with Crippen LogP contribution in [0.1, 0.15) is 48.0 Å². The number of hydrogen-bond donors (Lipinski definition) is 1. The number of thiazole rings is 1. The van der Waals surface area contributed by atoms with Gasteiger partial charge in [-0.25, -0.2) is 9.78 Å². The monoisotopic (exact) mass is 199 g/mol. The molecule has 4 heteroatoms. The van der Waals surface area contributed by atoms with Crippen LogP contribution in [0.5, 0.6) is 0 Å². The zero-order chi connectivity index (χ0) is 9.84. The van der Waals surface area contributed by atoms with Gasteiger partial charge in [-0.05, 0) is 12.8 Å². The molecule has 0 spiro atoms. The summed E-state index contributed by atoms with van der Waals surface area (Å²) in [6.45, 7) is 4.11. The minimum atomic E-state index is -0.857. The van der Waals surface area contributed by atoms with Crippen LogP contribution in [-0.4, -0.2) is 16.1 Å². The molecule has 13 heavy (non-hydrogen) atoms. The minimum absolute atomic E-state index is 0.289. The second-order valence-electron chi connectivity index (χ2n) is 2.89. The number of carbonyl (C=O) groups is 1. The standard InChI is InChI=1S/C9H13NO2S/c1-3-6(4-2)7-8(9(11)12)13-5-10-7/h5-6H,3-4H2,1-2H3,(H,11,12). The molecule has 0 fully saturated rings. The molecule has 0 amide bonds. The van der Waals surface area contributed by atoms with E-state index in [0.29, 0.717) is 4.88 Å². The first-order valence-corrected chi connectivity index (χ1v) is 5.25. The van der Waals surface area contributed by atoms with E-state index in [1.165, 1.54) is 11.3 Å². The first-order valence-electron chi connectivity index (χ1n) is 4.37. The molecule has 1 rings (SSSR count). The largest absolute Gasteiger partial charge is 0.477 e. The summed E-state index contributed by atoms with van der Waals surface area (Å²) in [5, 5.41) is 8.86. The highest BCUT2D eigenvalue weighted by Gasteiger charge is 2.19. The van der Waals surface area contributed by atoms with Gasteiger partial charge in [0.15, 0.2) is 0 Å². The van der Waals surface area contributed by atoms with Gasteiger partial charge in [-0.3, -0.25) is 0 Å². The van der Waals surface area contributed by atoms with E-state index in [1.54, 1.807) is 5.51 Å². The molecule has 72 valence electrons. The minimum Gasteiger partial charge on any atom is -0.477 e. The predicted octanol–water partition coefficient (Wildman–Crippen LogP) is 2.74. The smallest absolute Gasteiger partial charge is 0.347 e. The highest BCUT2D eigenvalue weighted by atomic mass is 32.1. The van der Waals surface area contributed by atoms with Crippen molar-refractivity contribution in [2.75, 3.05) is 0 Å². The van der Waals surface area contributed by atoms with Crippen molar-refractivity contribution >= 4 is 17.3 Å². The molecule has 3 nitrogen and oxygen atoms in total. The topological polar surface area (TPSA) is 50.2 Å². The molecule has 0 aromatic carbocycles. The van der Waals surface area contributed by atoms with Crippen LogP contribution in [0.2, 0.25) is 0 Å². The van der Waals surface area contributed by atoms with E-state index in [9.17, 15) is 4.79 Å². The van der Waals surface area contributed by atoms with Crippen LogP contribution in [0.25, 0.3) is 0 Å². The Bertz CT molecular complexity index is 292. The molecule has 0 atom stereocenters. The Hall–Kier alpha value is -0.900. The van der Waals surface area contributed by atoms with Crippen molar-refractivity contribution in [1.82, 2.24) is 4.98 Å². The van der Waals surface area contributed by atoms with Crippen molar-refractivity contribution in [3.8, 4) is 0 Å². The normalized spacial score (nSPS) is 10.7. The van der Waals surface area contributed by atoms with Gasteiger partial charge in [-0.1, -0.05) is 13.8 Å². The van der Waals surface area contributed by atoms with Crippen LogP contribution < -0.4 is 0 Å². The molecule has 0 aliphatic rings. The van der Waals surface area contributed by atoms with Crippen LogP contribution in [0.3, 0.4) is 0 Å². The summed E-state index contributed by atoms with van der Waals surface area (Å²) in [4.78, 5) is 15.3. The third kappa shape index (κ3) is 2.06. The molecule has 0 saturated carbocycles. The van der Waals surface area contributed by atoms with Gasteiger partial charge in [0.25, 0.3) is 0 Å². The predicted molar refractivity (Wildman–Crippen MR) is 52.4 cm³/mol. The maximum absolute atomic E-state index is 10.8. The van der Waals surface area contributed by atoms with E-state index in [-0.39, 0.29) is 5.92 Å². The third-order valence-corrected chi connectivity index (χ3v) is 2.99. The first kappa shape index (κ1) is 10.2. The van der Waals surface area contributed by atoms with Gasteiger partial charge in [-0.2, -0.15) is 0 Å². The number of carboxylic acid groups (broad SMARTS) is 1. The molecule has 1 heterocycles. The summed E-state index contributed by atoms with van der Waals surface area (Å²) >= 11 is 1.21. The van der Waals surface area contributed by atoms with Crippen LogP contribution in [0.15, 0.2) is 5.51 Å². The Labute approximate surface area is 81.4 Å². The molecule has 0 aliphatic heterocycles. The Morgan fingerprint density at radius 3 is 2.69 bits per heavy atom. The lowest BCUT2D eigenvalue weighted by atomic mass is 9.99. The number of rotatable bonds is 4. The third-order valence-electron chi connectivity index (χ3n) is 2.16. The van der Waals surface area contributed by atoms with E-state index < -0.39 is 5.97 Å². The van der Waals surface area contributed by atoms with Crippen molar-refractivity contribution in [1.29, 1.82) is 0 Å². The van der Waals surface area contributed by atoms with Crippen molar-refractivity contribution in [2.24, 2.45) is 0 Å². The average molecular weight is 199 g/mol. The summed E-state index contributed by atoms with van der Waals surface area (Å²) in [5.74, 6) is -0.568. The zero-order valence-electron chi connectivity index (χ0n) is 7.78. The lowest BCUT2D eigenvalue weighted by Crippen LogP contribution is -2.04. The Balaban J connectivity index is 2.98. The van der Waals surface area contributed by atoms with E-state index in [0.717, 1.165) is 18.5 Å². The number of carboxylic acids is 1. The summed E-state index contributed by atoms with van der Waals surface area (Å²) in [5.41, 5.74) is 2.36. The highest BCUT2D eigenvalue weighted by Crippen LogP contribution is 2.27. The van der Waals surface area contributed by atoms with Gasteiger partial charge < -0.3 is 5.11 Å². The van der Waals surface area contributed by atoms with E-state index in [1.807, 2.05) is 0 Å². The molecule has 0 bridgehead atoms. The van der Waals surface area contributed by atoms with Gasteiger partial charge >= 0.3 is 5.97 Å². The molecule has 0 aliphatic carbocycles. The second kappa shape index (κ2) is 4.37. The van der Waals surface area contributed by atoms with Crippen LogP contribution in [-0.2, 0) is 0 Å². The molecule has 0 unspecified atom stereocenters. The van der Waals surface area contributed by atoms with Gasteiger partial charge in [-0.15, -0.1) is 11.3 Å². The fraction of sp³-hybridized carbons (Fsp3) is 0.556. The SMILES string of the molecule is CCC(CC)c1ncsc1C(=O)O. The van der Waals surface area contributed by atoms with Crippen molar-refractivity contribution in [3.63, 3.8) is 0 Å². The van der Waals surface area contributed by atoms with Gasteiger partial charge in [0.05, 0.1) is 11.2 Å². The fourth-order valence-electron chi connectivity index (χ4n) is 1.38. The molecule has 1 aromatic rings. The van der Waals surface area contributed by atoms with Crippen molar-refractivity contribution in [3.05, 3.63) is 16.1 Å². The highest BCUT2D eigenvalue weighted by molar-refractivity contribution is 7.11. The van der Waals surface area contributed by atoms with Crippen molar-refractivity contribution < 1.29 is 9.90 Å². The molecule has 1 aromatic heterocycles. The Morgan fingerprint density at radius 2 is 2.23 bits per heavy atom. The fourth-order valence-corrected chi connectivity index (χ4v) is 2.09. The lowest BCUT2D eigenvalue weighted by Gasteiger charge is -2.09. The van der Waals surface area contributed by atoms with E-state index in [4.69, 9.17) is 5.11 Å². The Kier molecular flexibility index (Phi) is 3.42. The maximum Gasteiger partial charge on any atom is 0.347 e. The molecule has 0 saturated heterocycles. The molecular formula is C9H13NO2S. The average Bonchev–Trinajstić information content (AvgIpc) is 2.55. The summed E-state index contributed by atoms with van der Waals surface area (Å²) < 4.78 is 0. The van der Waals surface area contributed by atoms with Gasteiger partial charge in [0.1, 0.15) is 4.88 Å². The molecule has 0 radical (unpaired) electrons. The van der Waals surface area contributed by atoms with Crippen LogP contribution >= 0.6 is 11.3 Å². The van der Waals surface area contributed by atoms with Crippen molar-refractivity contribution in [2.45, 2.75) is 32.6 Å². The zero-order valence-corrected chi connectivity index (χ0v) is 8.60. The van der Waals surface area contributed by atoms with Gasteiger partial charge in [0.2, 0.25) is 0 Å². The molecule has 1 N–H and O–H groups in total. The second-order valence-corrected chi connectivity index (χ2v) is 3.74. The van der Waals surface area contributed by atoms with E-state index >= 15 is 0 Å². The van der Waals surface area contributed by atoms with Gasteiger partial charge in [0, 0.05) is 5.92 Å². The number of aromatic carboxylic acids is 1. The number of hydrogen-bond acceptors (Lipinski definition) is 3. The number of aromatic nitrogens is 1. The quantitative estimate of drug-likeness (QED) is 0.811. The summed E-state index contributed by atoms with van der Waals surface area (Å²) in [6.07, 6.45) is 1.89. The maximum atomic E-state index is 10.8. The summed E-state index contributed by atoms with van der Waals surface area (Å²) in [6, 6.07) is 0. The van der Waals surface area contributed by atoms with E-state index in [2.05, 4.69) is 18.8 Å². The first-order chi connectivity index (χ1) is 6.20.